The van der Waals surface area contributed by atoms with Gasteiger partial charge in [0.1, 0.15) is 5.52 Å². The summed E-state index contributed by atoms with van der Waals surface area (Å²) in [5, 5.41) is 2.85. The van der Waals surface area contributed by atoms with Crippen molar-refractivity contribution in [2.75, 3.05) is 44.5 Å². The van der Waals surface area contributed by atoms with Gasteiger partial charge in [0.2, 0.25) is 5.95 Å². The highest BCUT2D eigenvalue weighted by Crippen LogP contribution is 2.22. The summed E-state index contributed by atoms with van der Waals surface area (Å²) in [4.78, 5) is 36.7. The lowest BCUT2D eigenvalue weighted by Crippen LogP contribution is -2.47. The molecule has 1 atom stereocenters. The number of nitrogens with zero attached hydrogens (tertiary/aromatic N) is 4. The number of imidazole rings is 1. The fourth-order valence-electron chi connectivity index (χ4n) is 3.85. The van der Waals surface area contributed by atoms with E-state index in [2.05, 4.69) is 15.3 Å². The number of aryl methyl sites for hydroxylation is 1. The van der Waals surface area contributed by atoms with Crippen LogP contribution in [0.5, 0.6) is 0 Å². The fraction of sp³-hybridized carbons (Fsp3) is 0.391. The number of amides is 2. The smallest absolute Gasteiger partial charge is 0.258 e. The number of hydrogen-bond donors (Lipinski definition) is 2. The number of fused-ring (bicyclic) bond motifs is 1. The third-order valence-corrected chi connectivity index (χ3v) is 5.56. The lowest BCUT2D eigenvalue weighted by Gasteiger charge is -2.33. The Bertz CT molecular complexity index is 1160. The van der Waals surface area contributed by atoms with Gasteiger partial charge in [-0.2, -0.15) is 0 Å². The van der Waals surface area contributed by atoms with Crippen molar-refractivity contribution in [3.05, 3.63) is 47.7 Å². The molecule has 174 valence electrons. The Morgan fingerprint density at radius 3 is 2.91 bits per heavy atom. The molecule has 1 aromatic carbocycles. The second-order valence-electron chi connectivity index (χ2n) is 8.00. The predicted octanol–water partition coefficient (Wildman–Crippen LogP) is 2.16. The zero-order valence-corrected chi connectivity index (χ0v) is 18.8. The van der Waals surface area contributed by atoms with E-state index >= 15 is 0 Å². The van der Waals surface area contributed by atoms with Gasteiger partial charge < -0.3 is 20.1 Å². The molecule has 1 aliphatic rings. The minimum atomic E-state index is -0.330. The number of nitrogens with two attached hydrogens (primary N) is 1. The average molecular weight is 453 g/mol. The third kappa shape index (κ3) is 4.96. The largest absolute Gasteiger partial charge is 0.399 e. The molecule has 3 aromatic rings. The Balaban J connectivity index is 1.65. The van der Waals surface area contributed by atoms with E-state index in [4.69, 9.17) is 15.2 Å². The Morgan fingerprint density at radius 2 is 2.15 bits per heavy atom. The summed E-state index contributed by atoms with van der Waals surface area (Å²) in [5.74, 6) is -0.0890. The number of carbonyl (C=O) groups is 2. The number of nitrogens with one attached hydrogen (secondary N) is 1. The predicted molar refractivity (Wildman–Crippen MR) is 124 cm³/mol. The zero-order valence-electron chi connectivity index (χ0n) is 18.8. The van der Waals surface area contributed by atoms with Crippen LogP contribution in [0, 0.1) is 0 Å². The third-order valence-electron chi connectivity index (χ3n) is 5.56. The van der Waals surface area contributed by atoms with Gasteiger partial charge >= 0.3 is 0 Å². The number of carbonyl (C=O) groups excluding carboxylic acids is 2. The molecule has 2 aromatic heterocycles. The number of morpholine rings is 1. The molecule has 1 aliphatic heterocycles. The average Bonchev–Trinajstić information content (AvgIpc) is 3.15. The highest BCUT2D eigenvalue weighted by Gasteiger charge is 2.26. The molecule has 4 rings (SSSR count). The molecule has 0 saturated carbocycles. The number of hydrogen-bond acceptors (Lipinski definition) is 7. The number of ether oxygens (including phenoxy) is 2. The maximum Gasteiger partial charge on any atom is 0.258 e. The molecule has 3 N–H and O–H groups in total. The Hall–Kier alpha value is -3.50. The Kier molecular flexibility index (Phi) is 6.85. The van der Waals surface area contributed by atoms with Gasteiger partial charge in [-0.1, -0.05) is 6.07 Å². The van der Waals surface area contributed by atoms with Gasteiger partial charge in [-0.15, -0.1) is 0 Å². The second-order valence-corrected chi connectivity index (χ2v) is 8.00. The van der Waals surface area contributed by atoms with Crippen molar-refractivity contribution < 1.29 is 19.1 Å². The molecule has 33 heavy (non-hydrogen) atoms. The number of nitrogen functional groups attached to an aromatic ring is 1. The van der Waals surface area contributed by atoms with Gasteiger partial charge in [-0.25, -0.2) is 9.97 Å². The van der Waals surface area contributed by atoms with Crippen LogP contribution >= 0.6 is 0 Å². The van der Waals surface area contributed by atoms with E-state index in [0.29, 0.717) is 73.3 Å². The van der Waals surface area contributed by atoms with Crippen LogP contribution in [0.2, 0.25) is 0 Å². The molecule has 10 nitrogen and oxygen atoms in total. The molecule has 0 radical (unpaired) electrons. The van der Waals surface area contributed by atoms with Gasteiger partial charge in [-0.3, -0.25) is 19.5 Å². The first-order valence-electron chi connectivity index (χ1n) is 10.9. The molecule has 0 aliphatic carbocycles. The van der Waals surface area contributed by atoms with E-state index < -0.39 is 0 Å². The van der Waals surface area contributed by atoms with E-state index in [0.717, 1.165) is 0 Å². The summed E-state index contributed by atoms with van der Waals surface area (Å²) in [6, 6.07) is 8.43. The van der Waals surface area contributed by atoms with E-state index in [1.54, 1.807) is 48.5 Å². The molecule has 3 heterocycles. The summed E-state index contributed by atoms with van der Waals surface area (Å²) in [5.41, 5.74) is 8.30. The molecular formula is C23H28N6O4. The summed E-state index contributed by atoms with van der Waals surface area (Å²) in [7, 11) is 1.64. The van der Waals surface area contributed by atoms with Crippen LogP contribution in [-0.2, 0) is 16.0 Å². The van der Waals surface area contributed by atoms with Crippen LogP contribution < -0.4 is 11.1 Å². The van der Waals surface area contributed by atoms with E-state index in [1.165, 1.54) is 0 Å². The van der Waals surface area contributed by atoms with E-state index in [-0.39, 0.29) is 17.9 Å². The molecule has 1 fully saturated rings. The first kappa shape index (κ1) is 22.7. The van der Waals surface area contributed by atoms with Crippen molar-refractivity contribution in [1.29, 1.82) is 0 Å². The first-order chi connectivity index (χ1) is 16.0. The number of methoxy groups -OCH3 is 1. The van der Waals surface area contributed by atoms with Crippen LogP contribution in [0.1, 0.15) is 34.1 Å². The van der Waals surface area contributed by atoms with Gasteiger partial charge in [0.15, 0.2) is 5.65 Å². The van der Waals surface area contributed by atoms with Crippen molar-refractivity contribution in [2.45, 2.75) is 25.9 Å². The van der Waals surface area contributed by atoms with E-state index in [9.17, 15) is 9.59 Å². The van der Waals surface area contributed by atoms with Crippen LogP contribution in [0.4, 0.5) is 11.6 Å². The topological polar surface area (TPSA) is 125 Å². The Morgan fingerprint density at radius 1 is 1.30 bits per heavy atom. The maximum absolute atomic E-state index is 13.0. The summed E-state index contributed by atoms with van der Waals surface area (Å²) in [6.45, 7) is 4.60. The summed E-state index contributed by atoms with van der Waals surface area (Å²) < 4.78 is 12.4. The van der Waals surface area contributed by atoms with Crippen molar-refractivity contribution in [2.24, 2.45) is 0 Å². The standard InChI is InChI=1S/C23H28N6O4/c1-15-14-33-10-8-28(15)22(31)17-12-19-20(25-13-17)29(7-4-9-32-2)23(26-19)27-21(30)16-5-3-6-18(24)11-16/h3,5-6,11-13,15H,4,7-10,14,24H2,1-2H3,(H,26,27,30)/t15-/m1/s1. The highest BCUT2D eigenvalue weighted by molar-refractivity contribution is 6.04. The van der Waals surface area contributed by atoms with Crippen molar-refractivity contribution >= 4 is 34.6 Å². The molecule has 1 saturated heterocycles. The number of rotatable bonds is 7. The number of anilines is 2. The molecule has 0 bridgehead atoms. The van der Waals surface area contributed by atoms with Crippen molar-refractivity contribution in [3.8, 4) is 0 Å². The first-order valence-corrected chi connectivity index (χ1v) is 10.9. The number of benzene rings is 1. The van der Waals surface area contributed by atoms with Gasteiger partial charge in [-0.05, 0) is 37.6 Å². The fourth-order valence-corrected chi connectivity index (χ4v) is 3.85. The van der Waals surface area contributed by atoms with Gasteiger partial charge in [0.25, 0.3) is 11.8 Å². The van der Waals surface area contributed by atoms with E-state index in [1.807, 2.05) is 11.5 Å². The quantitative estimate of drug-likeness (QED) is 0.416. The molecular weight excluding hydrogens is 424 g/mol. The van der Waals surface area contributed by atoms with Crippen LogP contribution in [0.25, 0.3) is 11.2 Å². The maximum atomic E-state index is 13.0. The van der Waals surface area contributed by atoms with Crippen LogP contribution in [-0.4, -0.2) is 70.8 Å². The highest BCUT2D eigenvalue weighted by atomic mass is 16.5. The minimum absolute atomic E-state index is 0.0123. The lowest BCUT2D eigenvalue weighted by atomic mass is 10.2. The SMILES string of the molecule is COCCCn1c(NC(=O)c2cccc(N)c2)nc2cc(C(=O)N3CCOC[C@H]3C)cnc21. The summed E-state index contributed by atoms with van der Waals surface area (Å²) >= 11 is 0. The molecule has 2 amide bonds. The minimum Gasteiger partial charge on any atom is -0.399 e. The van der Waals surface area contributed by atoms with Gasteiger partial charge in [0.05, 0.1) is 24.8 Å². The summed E-state index contributed by atoms with van der Waals surface area (Å²) in [6.07, 6.45) is 2.27. The molecule has 10 heteroatoms. The normalized spacial score (nSPS) is 16.2. The van der Waals surface area contributed by atoms with Crippen molar-refractivity contribution in [3.63, 3.8) is 0 Å². The monoisotopic (exact) mass is 452 g/mol. The second kappa shape index (κ2) is 9.97. The van der Waals surface area contributed by atoms with Crippen LogP contribution in [0.3, 0.4) is 0 Å². The zero-order chi connectivity index (χ0) is 23.4. The molecule has 0 spiro atoms. The van der Waals surface area contributed by atoms with Crippen LogP contribution in [0.15, 0.2) is 36.5 Å². The number of aromatic nitrogens is 3. The molecule has 0 unspecified atom stereocenters. The number of pyridine rings is 1. The lowest BCUT2D eigenvalue weighted by molar-refractivity contribution is 0.00358. The van der Waals surface area contributed by atoms with Crippen molar-refractivity contribution in [1.82, 2.24) is 19.4 Å². The van der Waals surface area contributed by atoms with Gasteiger partial charge in [0, 0.05) is 44.3 Å². The Labute approximate surface area is 191 Å².